The maximum atomic E-state index is 6.81. The van der Waals surface area contributed by atoms with Crippen molar-refractivity contribution in [3.05, 3.63) is 121 Å². The van der Waals surface area contributed by atoms with Crippen molar-refractivity contribution in [2.45, 2.75) is 32.4 Å². The summed E-state index contributed by atoms with van der Waals surface area (Å²) in [6.07, 6.45) is 10.2. The van der Waals surface area contributed by atoms with Crippen molar-refractivity contribution in [1.82, 2.24) is 0 Å². The van der Waals surface area contributed by atoms with Crippen LogP contribution >= 0.6 is 17.2 Å². The molecule has 32 heavy (non-hydrogen) atoms. The number of hydrogen-bond acceptors (Lipinski definition) is 0. The summed E-state index contributed by atoms with van der Waals surface area (Å²) in [7, 11) is 13.0. The van der Waals surface area contributed by atoms with E-state index in [0.29, 0.717) is 0 Å². The first-order valence-corrected chi connectivity index (χ1v) is 24.2. The van der Waals surface area contributed by atoms with E-state index in [0.717, 1.165) is 6.42 Å². The molecule has 0 amide bonds. The van der Waals surface area contributed by atoms with E-state index in [9.17, 15) is 0 Å². The molecule has 0 bridgehead atoms. The van der Waals surface area contributed by atoms with Gasteiger partial charge in [-0.25, -0.2) is 0 Å². The fourth-order valence-corrected chi connectivity index (χ4v) is 13.6. The van der Waals surface area contributed by atoms with Crippen LogP contribution in [0.25, 0.3) is 6.08 Å². The molecule has 0 fully saturated rings. The molecule has 0 saturated carbocycles. The molecule has 1 unspecified atom stereocenters. The van der Waals surface area contributed by atoms with Crippen LogP contribution in [0.4, 0.5) is 0 Å². The SMILES string of the molecule is CC1=[C]([Hf]([Cl])[Cl])C2=CC=CC(=[Si](C)C)C(c3ccccc3)C2=C1C1=Cc2ccccc2C1. The monoisotopic (exact) mass is 639 g/mol. The first kappa shape index (κ1) is 22.5. The Labute approximate surface area is 207 Å². The molecule has 5 rings (SSSR count). The minimum atomic E-state index is -2.87. The predicted octanol–water partition coefficient (Wildman–Crippen LogP) is 7.92. The van der Waals surface area contributed by atoms with Crippen molar-refractivity contribution in [2.24, 2.45) is 0 Å². The molecule has 0 N–H and O–H groups in total. The Balaban J connectivity index is 1.80. The number of benzene rings is 2. The zero-order valence-corrected chi connectivity index (χ0v) is 24.7. The van der Waals surface area contributed by atoms with Gasteiger partial charge in [0.1, 0.15) is 0 Å². The average Bonchev–Trinajstić information content (AvgIpc) is 3.25. The Morgan fingerprint density at radius 1 is 0.969 bits per heavy atom. The average molecular weight is 639 g/mol. The van der Waals surface area contributed by atoms with Gasteiger partial charge in [-0.1, -0.05) is 0 Å². The molecule has 159 valence electrons. The maximum absolute atomic E-state index is 6.81. The van der Waals surface area contributed by atoms with Crippen LogP contribution in [0.3, 0.4) is 0 Å². The second-order valence-corrected chi connectivity index (χ2v) is 22.8. The van der Waals surface area contributed by atoms with Crippen molar-refractivity contribution in [3.63, 3.8) is 0 Å². The Bertz CT molecular complexity index is 1290. The van der Waals surface area contributed by atoms with Gasteiger partial charge in [-0.15, -0.1) is 0 Å². The summed E-state index contributed by atoms with van der Waals surface area (Å²) in [6.45, 7) is 7.05. The van der Waals surface area contributed by atoms with E-state index >= 15 is 0 Å². The van der Waals surface area contributed by atoms with Crippen LogP contribution in [-0.4, -0.2) is 13.6 Å². The topological polar surface area (TPSA) is 0 Å². The minimum absolute atomic E-state index is 0.246. The van der Waals surface area contributed by atoms with Crippen molar-refractivity contribution in [3.8, 4) is 0 Å². The molecule has 1 atom stereocenters. The summed E-state index contributed by atoms with van der Waals surface area (Å²) in [5.41, 5.74) is 10.9. The third kappa shape index (κ3) is 3.84. The summed E-state index contributed by atoms with van der Waals surface area (Å²) in [5.74, 6) is 0.246. The first-order valence-electron chi connectivity index (χ1n) is 11.0. The Kier molecular flexibility index (Phi) is 6.42. The summed E-state index contributed by atoms with van der Waals surface area (Å²) >= 11 is -2.87. The standard InChI is InChI=1S/C28H25Si.2ClH.Hf/c1-19-16-23-14-9-15-25(29(2)3)27(20-10-5-4-6-11-20)28(23)26(19)24-17-21-12-7-8-13-22(21)18-24;;;/h4-15,17,27H,18H2,1-3H3;2*1H;/q;;;+2/p-2. The van der Waals surface area contributed by atoms with Crippen LogP contribution in [0.1, 0.15) is 29.5 Å². The number of fused-ring (bicyclic) bond motifs is 2. The quantitative estimate of drug-likeness (QED) is 0.300. The summed E-state index contributed by atoms with van der Waals surface area (Å²) in [5, 5.41) is 1.54. The van der Waals surface area contributed by atoms with Crippen LogP contribution in [0.2, 0.25) is 13.1 Å². The van der Waals surface area contributed by atoms with Crippen LogP contribution < -0.4 is 0 Å². The molecule has 3 aliphatic rings. The molecule has 0 radical (unpaired) electrons. The van der Waals surface area contributed by atoms with Gasteiger partial charge in [0.05, 0.1) is 0 Å². The van der Waals surface area contributed by atoms with Crippen LogP contribution in [0.5, 0.6) is 0 Å². The molecule has 2 aromatic rings. The fourth-order valence-electron chi connectivity index (χ4n) is 5.32. The van der Waals surface area contributed by atoms with Crippen molar-refractivity contribution in [1.29, 1.82) is 0 Å². The summed E-state index contributed by atoms with van der Waals surface area (Å²) in [4.78, 5) is 0. The van der Waals surface area contributed by atoms with E-state index in [1.54, 1.807) is 5.17 Å². The Morgan fingerprint density at radius 3 is 2.38 bits per heavy atom. The Morgan fingerprint density at radius 2 is 1.69 bits per heavy atom. The Hall–Kier alpha value is -1.32. The number of hydrogen-bond donors (Lipinski definition) is 0. The van der Waals surface area contributed by atoms with Crippen LogP contribution in [-0.2, 0) is 25.5 Å². The van der Waals surface area contributed by atoms with E-state index in [1.165, 1.54) is 47.9 Å². The third-order valence-corrected chi connectivity index (χ3v) is 15.1. The fraction of sp³-hybridized carbons (Fsp3) is 0.179. The van der Waals surface area contributed by atoms with Crippen molar-refractivity contribution >= 4 is 36.8 Å². The molecule has 0 aliphatic heterocycles. The molecular formula is C28H25Cl2HfSi. The van der Waals surface area contributed by atoms with Crippen LogP contribution in [0, 0.1) is 0 Å². The van der Waals surface area contributed by atoms with Gasteiger partial charge >= 0.3 is 209 Å². The van der Waals surface area contributed by atoms with E-state index in [1.807, 2.05) is 0 Å². The van der Waals surface area contributed by atoms with E-state index in [2.05, 4.69) is 98.9 Å². The van der Waals surface area contributed by atoms with Gasteiger partial charge in [0.2, 0.25) is 0 Å². The van der Waals surface area contributed by atoms with Gasteiger partial charge < -0.3 is 0 Å². The van der Waals surface area contributed by atoms with E-state index in [-0.39, 0.29) is 5.92 Å². The van der Waals surface area contributed by atoms with Gasteiger partial charge in [-0.3, -0.25) is 0 Å². The molecule has 0 spiro atoms. The predicted molar refractivity (Wildman–Crippen MR) is 138 cm³/mol. The first-order chi connectivity index (χ1) is 15.5. The summed E-state index contributed by atoms with van der Waals surface area (Å²) in [6, 6.07) is 19.7. The van der Waals surface area contributed by atoms with Gasteiger partial charge in [-0.05, 0) is 0 Å². The zero-order chi connectivity index (χ0) is 22.4. The molecule has 0 saturated heterocycles. The zero-order valence-electron chi connectivity index (χ0n) is 18.5. The molecule has 3 aliphatic carbocycles. The molecular weight excluding hydrogens is 614 g/mol. The molecule has 0 aromatic heterocycles. The normalized spacial score (nSPS) is 19.5. The van der Waals surface area contributed by atoms with Gasteiger partial charge in [0.15, 0.2) is 0 Å². The third-order valence-electron chi connectivity index (χ3n) is 6.70. The molecule has 4 heteroatoms. The van der Waals surface area contributed by atoms with Gasteiger partial charge in [0, 0.05) is 0 Å². The molecule has 0 heterocycles. The number of rotatable bonds is 3. The molecule has 0 nitrogen and oxygen atoms in total. The van der Waals surface area contributed by atoms with Crippen molar-refractivity contribution in [2.75, 3.05) is 0 Å². The van der Waals surface area contributed by atoms with Gasteiger partial charge in [0.25, 0.3) is 0 Å². The van der Waals surface area contributed by atoms with Crippen molar-refractivity contribution < 1.29 is 19.1 Å². The molecule has 2 aromatic carbocycles. The van der Waals surface area contributed by atoms with Crippen LogP contribution in [0.15, 0.2) is 104 Å². The number of halogens is 2. The second kappa shape index (κ2) is 9.14. The van der Waals surface area contributed by atoms with E-state index < -0.39 is 27.5 Å². The van der Waals surface area contributed by atoms with E-state index in [4.69, 9.17) is 17.2 Å². The second-order valence-electron chi connectivity index (χ2n) is 8.83. The summed E-state index contributed by atoms with van der Waals surface area (Å²) < 4.78 is 1.27. The van der Waals surface area contributed by atoms with Gasteiger partial charge in [-0.2, -0.15) is 0 Å². The number of allylic oxidation sites excluding steroid dienone is 9.